The fourth-order valence-electron chi connectivity index (χ4n) is 1.98. The zero-order valence-electron chi connectivity index (χ0n) is 11.1. The molecule has 0 radical (unpaired) electrons. The largest absolute Gasteiger partial charge is 0.508 e. The van der Waals surface area contributed by atoms with Gasteiger partial charge in [-0.15, -0.1) is 0 Å². The minimum atomic E-state index is -0.426. The molecular weight excluding hydrogens is 290 g/mol. The number of carbonyl (C=O) groups excluding carboxylic acids is 2. The highest BCUT2D eigenvalue weighted by molar-refractivity contribution is 8.19. The number of hydrogen-bond donors (Lipinski definition) is 1. The first-order valence-electron chi connectivity index (χ1n) is 6.18. The summed E-state index contributed by atoms with van der Waals surface area (Å²) in [4.78, 5) is 25.7. The molecule has 2 heterocycles. The van der Waals surface area contributed by atoms with Gasteiger partial charge in [0.1, 0.15) is 17.3 Å². The Labute approximate surface area is 124 Å². The van der Waals surface area contributed by atoms with Gasteiger partial charge in [0.15, 0.2) is 0 Å². The predicted octanol–water partition coefficient (Wildman–Crippen LogP) is 3.53. The molecule has 0 atom stereocenters. The lowest BCUT2D eigenvalue weighted by Gasteiger charge is -2.12. The maximum Gasteiger partial charge on any atom is 0.298 e. The second-order valence-corrected chi connectivity index (χ2v) is 5.48. The van der Waals surface area contributed by atoms with E-state index in [2.05, 4.69) is 0 Å². The van der Waals surface area contributed by atoms with Crippen LogP contribution in [0.25, 0.3) is 6.08 Å². The quantitative estimate of drug-likeness (QED) is 0.859. The standard InChI is InChI=1S/C15H11NO4S/c1-9-5-6-12(20-9)8-13-14(18)16(15(19)21-13)10-3-2-4-11(17)7-10/h2-8,17H,1H3/b13-8-. The van der Waals surface area contributed by atoms with Gasteiger partial charge in [-0.2, -0.15) is 0 Å². The van der Waals surface area contributed by atoms with Crippen LogP contribution in [0.4, 0.5) is 10.5 Å². The van der Waals surface area contributed by atoms with Crippen LogP contribution in [0.5, 0.6) is 5.75 Å². The second-order valence-electron chi connectivity index (χ2n) is 4.49. The smallest absolute Gasteiger partial charge is 0.298 e. The molecule has 21 heavy (non-hydrogen) atoms. The summed E-state index contributed by atoms with van der Waals surface area (Å²) in [5, 5.41) is 9.06. The number of anilines is 1. The molecule has 1 aliphatic heterocycles. The first-order chi connectivity index (χ1) is 10.0. The molecule has 0 unspecified atom stereocenters. The van der Waals surface area contributed by atoms with Crippen molar-refractivity contribution in [2.75, 3.05) is 4.90 Å². The van der Waals surface area contributed by atoms with Crippen LogP contribution in [0.1, 0.15) is 11.5 Å². The number of amides is 2. The summed E-state index contributed by atoms with van der Waals surface area (Å²) in [7, 11) is 0. The predicted molar refractivity (Wildman–Crippen MR) is 80.0 cm³/mol. The number of imide groups is 1. The Balaban J connectivity index is 1.94. The summed E-state index contributed by atoms with van der Waals surface area (Å²) in [6.45, 7) is 1.80. The van der Waals surface area contributed by atoms with E-state index in [1.807, 2.05) is 0 Å². The zero-order valence-corrected chi connectivity index (χ0v) is 11.9. The zero-order chi connectivity index (χ0) is 15.0. The van der Waals surface area contributed by atoms with E-state index in [0.717, 1.165) is 22.4 Å². The summed E-state index contributed by atoms with van der Waals surface area (Å²) in [5.74, 6) is 0.823. The summed E-state index contributed by atoms with van der Waals surface area (Å²) < 4.78 is 5.38. The van der Waals surface area contributed by atoms with E-state index in [4.69, 9.17) is 4.42 Å². The van der Waals surface area contributed by atoms with Crippen molar-refractivity contribution in [1.29, 1.82) is 0 Å². The van der Waals surface area contributed by atoms with Crippen molar-refractivity contribution < 1.29 is 19.1 Å². The number of benzene rings is 1. The first kappa shape index (κ1) is 13.5. The molecule has 1 N–H and O–H groups in total. The average Bonchev–Trinajstić information content (AvgIpc) is 2.94. The van der Waals surface area contributed by atoms with Gasteiger partial charge in [-0.1, -0.05) is 6.07 Å². The maximum absolute atomic E-state index is 12.3. The third kappa shape index (κ3) is 2.57. The molecule has 5 nitrogen and oxygen atoms in total. The summed E-state index contributed by atoms with van der Waals surface area (Å²) in [5.41, 5.74) is 0.344. The molecule has 1 saturated heterocycles. The van der Waals surface area contributed by atoms with Crippen molar-refractivity contribution in [3.8, 4) is 5.75 Å². The number of hydrogen-bond acceptors (Lipinski definition) is 5. The van der Waals surface area contributed by atoms with Gasteiger partial charge in [-0.3, -0.25) is 9.59 Å². The van der Waals surface area contributed by atoms with Gasteiger partial charge in [0, 0.05) is 12.1 Å². The fourth-order valence-corrected chi connectivity index (χ4v) is 2.80. The third-order valence-corrected chi connectivity index (χ3v) is 3.79. The van der Waals surface area contributed by atoms with Crippen molar-refractivity contribution in [3.63, 3.8) is 0 Å². The minimum absolute atomic E-state index is 0.00260. The Bertz CT molecular complexity index is 763. The number of aryl methyl sites for hydroxylation is 1. The van der Waals surface area contributed by atoms with Crippen molar-refractivity contribution in [1.82, 2.24) is 0 Å². The van der Waals surface area contributed by atoms with Crippen LogP contribution in [0.3, 0.4) is 0 Å². The number of carbonyl (C=O) groups is 2. The van der Waals surface area contributed by atoms with E-state index >= 15 is 0 Å². The number of thioether (sulfide) groups is 1. The molecule has 6 heteroatoms. The summed E-state index contributed by atoms with van der Waals surface area (Å²) >= 11 is 0.843. The molecule has 2 amide bonds. The van der Waals surface area contributed by atoms with Crippen LogP contribution in [0.2, 0.25) is 0 Å². The Kier molecular flexibility index (Phi) is 3.31. The fraction of sp³-hybridized carbons (Fsp3) is 0.0667. The van der Waals surface area contributed by atoms with Gasteiger partial charge in [0.05, 0.1) is 10.6 Å². The monoisotopic (exact) mass is 301 g/mol. The Hall–Kier alpha value is -2.47. The van der Waals surface area contributed by atoms with E-state index in [1.54, 1.807) is 37.3 Å². The number of phenolic OH excluding ortho intramolecular Hbond substituents is 1. The van der Waals surface area contributed by atoms with E-state index in [-0.39, 0.29) is 10.7 Å². The molecule has 0 saturated carbocycles. The van der Waals surface area contributed by atoms with Crippen LogP contribution in [0.15, 0.2) is 45.7 Å². The van der Waals surface area contributed by atoms with Crippen molar-refractivity contribution >= 4 is 34.7 Å². The highest BCUT2D eigenvalue weighted by atomic mass is 32.2. The molecule has 106 valence electrons. The highest BCUT2D eigenvalue weighted by Gasteiger charge is 2.36. The number of phenols is 1. The second kappa shape index (κ2) is 5.14. The molecule has 1 fully saturated rings. The maximum atomic E-state index is 12.3. The molecule has 0 bridgehead atoms. The molecule has 1 aromatic carbocycles. The van der Waals surface area contributed by atoms with E-state index in [0.29, 0.717) is 11.4 Å². The van der Waals surface area contributed by atoms with Crippen LogP contribution in [0, 0.1) is 6.92 Å². The molecule has 1 aromatic heterocycles. The number of aromatic hydroxyl groups is 1. The number of rotatable bonds is 2. The molecule has 1 aliphatic rings. The summed E-state index contributed by atoms with van der Waals surface area (Å²) in [6, 6.07) is 9.53. The Morgan fingerprint density at radius 3 is 2.71 bits per heavy atom. The van der Waals surface area contributed by atoms with Crippen LogP contribution < -0.4 is 4.90 Å². The lowest BCUT2D eigenvalue weighted by molar-refractivity contribution is -0.113. The van der Waals surface area contributed by atoms with Gasteiger partial charge >= 0.3 is 0 Å². The lowest BCUT2D eigenvalue weighted by atomic mass is 10.2. The third-order valence-electron chi connectivity index (χ3n) is 2.92. The van der Waals surface area contributed by atoms with E-state index in [1.165, 1.54) is 12.1 Å². The van der Waals surface area contributed by atoms with Gasteiger partial charge in [-0.25, -0.2) is 4.90 Å². The van der Waals surface area contributed by atoms with Crippen LogP contribution in [-0.4, -0.2) is 16.3 Å². The topological polar surface area (TPSA) is 70.8 Å². The molecule has 0 aliphatic carbocycles. The lowest BCUT2D eigenvalue weighted by Crippen LogP contribution is -2.27. The van der Waals surface area contributed by atoms with Gasteiger partial charge in [0.2, 0.25) is 0 Å². The van der Waals surface area contributed by atoms with Gasteiger partial charge in [0.25, 0.3) is 11.1 Å². The highest BCUT2D eigenvalue weighted by Crippen LogP contribution is 2.36. The molecular formula is C15H11NO4S. The van der Waals surface area contributed by atoms with Gasteiger partial charge in [-0.05, 0) is 43.0 Å². The average molecular weight is 301 g/mol. The first-order valence-corrected chi connectivity index (χ1v) is 7.00. The van der Waals surface area contributed by atoms with Crippen LogP contribution in [-0.2, 0) is 4.79 Å². The Morgan fingerprint density at radius 2 is 2.05 bits per heavy atom. The molecule has 3 rings (SSSR count). The van der Waals surface area contributed by atoms with Crippen molar-refractivity contribution in [2.24, 2.45) is 0 Å². The van der Waals surface area contributed by atoms with Crippen molar-refractivity contribution in [3.05, 3.63) is 52.8 Å². The molecule has 0 spiro atoms. The van der Waals surface area contributed by atoms with Crippen LogP contribution >= 0.6 is 11.8 Å². The van der Waals surface area contributed by atoms with E-state index < -0.39 is 11.1 Å². The van der Waals surface area contributed by atoms with Crippen molar-refractivity contribution in [2.45, 2.75) is 6.92 Å². The molecule has 2 aromatic rings. The number of furan rings is 1. The normalized spacial score (nSPS) is 17.0. The Morgan fingerprint density at radius 1 is 1.24 bits per heavy atom. The number of nitrogens with zero attached hydrogens (tertiary/aromatic N) is 1. The van der Waals surface area contributed by atoms with E-state index in [9.17, 15) is 14.7 Å². The minimum Gasteiger partial charge on any atom is -0.508 e. The SMILES string of the molecule is Cc1ccc(/C=C2\SC(=O)N(c3cccc(O)c3)C2=O)o1. The summed E-state index contributed by atoms with van der Waals surface area (Å²) in [6.07, 6.45) is 1.54. The van der Waals surface area contributed by atoms with Gasteiger partial charge < -0.3 is 9.52 Å².